The van der Waals surface area contributed by atoms with E-state index in [1.54, 1.807) is 19.5 Å². The molecule has 2 N–H and O–H groups in total. The molecule has 2 aromatic heterocycles. The summed E-state index contributed by atoms with van der Waals surface area (Å²) in [5, 5.41) is 6.44. The molecule has 0 saturated heterocycles. The minimum atomic E-state index is 0. The first-order valence-corrected chi connectivity index (χ1v) is 9.31. The lowest BCUT2D eigenvalue weighted by Crippen LogP contribution is -2.37. The third-order valence-electron chi connectivity index (χ3n) is 4.10. The third-order valence-corrected chi connectivity index (χ3v) is 4.10. The van der Waals surface area contributed by atoms with E-state index in [9.17, 15) is 0 Å². The number of rotatable bonds is 9. The van der Waals surface area contributed by atoms with Crippen LogP contribution in [-0.2, 0) is 17.9 Å². The highest BCUT2D eigenvalue weighted by molar-refractivity contribution is 14.0. The van der Waals surface area contributed by atoms with Crippen LogP contribution in [0.25, 0.3) is 11.3 Å². The van der Waals surface area contributed by atoms with Gasteiger partial charge < -0.3 is 24.2 Å². The molecule has 0 unspecified atom stereocenters. The first-order chi connectivity index (χ1) is 13.7. The van der Waals surface area contributed by atoms with Gasteiger partial charge in [-0.3, -0.25) is 4.99 Å². The van der Waals surface area contributed by atoms with Crippen molar-refractivity contribution < 1.29 is 13.6 Å². The average molecular weight is 510 g/mol. The van der Waals surface area contributed by atoms with E-state index in [2.05, 4.69) is 39.7 Å². The summed E-state index contributed by atoms with van der Waals surface area (Å²) in [7, 11) is 1.73. The first kappa shape index (κ1) is 23.0. The molecule has 2 heterocycles. The van der Waals surface area contributed by atoms with Gasteiger partial charge in [-0.1, -0.05) is 29.8 Å². The zero-order valence-corrected chi connectivity index (χ0v) is 19.0. The summed E-state index contributed by atoms with van der Waals surface area (Å²) in [6.07, 6.45) is 4.25. The number of hydrogen-bond acceptors (Lipinski definition) is 5. The fourth-order valence-corrected chi connectivity index (χ4v) is 2.57. The van der Waals surface area contributed by atoms with E-state index in [0.717, 1.165) is 30.0 Å². The summed E-state index contributed by atoms with van der Waals surface area (Å²) < 4.78 is 16.6. The third kappa shape index (κ3) is 7.54. The molecule has 0 amide bonds. The lowest BCUT2D eigenvalue weighted by molar-refractivity contribution is 0.105. The molecule has 0 aliphatic heterocycles. The number of furan rings is 1. The Labute approximate surface area is 188 Å². The molecule has 0 bridgehead atoms. The van der Waals surface area contributed by atoms with Crippen LogP contribution < -0.4 is 10.6 Å². The minimum absolute atomic E-state index is 0. The van der Waals surface area contributed by atoms with Gasteiger partial charge in [0.25, 0.3) is 0 Å². The van der Waals surface area contributed by atoms with Gasteiger partial charge in [0, 0.05) is 25.8 Å². The van der Waals surface area contributed by atoms with Crippen LogP contribution >= 0.6 is 24.0 Å². The van der Waals surface area contributed by atoms with Gasteiger partial charge in [-0.2, -0.15) is 0 Å². The second-order valence-electron chi connectivity index (χ2n) is 6.32. The van der Waals surface area contributed by atoms with Crippen molar-refractivity contribution in [1.29, 1.82) is 0 Å². The monoisotopic (exact) mass is 510 g/mol. The smallest absolute Gasteiger partial charge is 0.214 e. The quantitative estimate of drug-likeness (QED) is 0.195. The molecule has 0 fully saturated rings. The van der Waals surface area contributed by atoms with E-state index in [1.165, 1.54) is 5.56 Å². The zero-order chi connectivity index (χ0) is 19.6. The van der Waals surface area contributed by atoms with Crippen molar-refractivity contribution in [3.63, 3.8) is 0 Å². The average Bonchev–Trinajstić information content (AvgIpc) is 3.39. The fraction of sp³-hybridized carbons (Fsp3) is 0.333. The summed E-state index contributed by atoms with van der Waals surface area (Å²) >= 11 is 0. The second kappa shape index (κ2) is 12.3. The number of nitrogens with zero attached hydrogens (tertiary/aromatic N) is 2. The fourth-order valence-electron chi connectivity index (χ4n) is 2.57. The standard InChI is InChI=1S/C21H26N4O3.HI/c1-16-6-8-17(9-7-16)19-13-24-20(28-19)14-25-21(22-2)23-10-4-11-26-15-18-5-3-12-27-18;/h3,5-9,12-13H,4,10-11,14-15H2,1-2H3,(H2,22,23,25);1H. The molecule has 0 atom stereocenters. The number of oxazole rings is 1. The summed E-state index contributed by atoms with van der Waals surface area (Å²) in [6, 6.07) is 11.9. The van der Waals surface area contributed by atoms with Crippen molar-refractivity contribution in [2.24, 2.45) is 4.99 Å². The van der Waals surface area contributed by atoms with Crippen LogP contribution in [0.2, 0.25) is 0 Å². The minimum Gasteiger partial charge on any atom is -0.467 e. The van der Waals surface area contributed by atoms with Gasteiger partial charge in [0.15, 0.2) is 11.7 Å². The molecule has 8 heteroatoms. The Bertz CT molecular complexity index is 860. The van der Waals surface area contributed by atoms with E-state index in [-0.39, 0.29) is 24.0 Å². The topological polar surface area (TPSA) is 84.8 Å². The van der Waals surface area contributed by atoms with E-state index in [1.807, 2.05) is 24.3 Å². The molecule has 29 heavy (non-hydrogen) atoms. The van der Waals surface area contributed by atoms with Crippen LogP contribution in [-0.4, -0.2) is 31.1 Å². The second-order valence-corrected chi connectivity index (χ2v) is 6.32. The van der Waals surface area contributed by atoms with E-state index in [4.69, 9.17) is 13.6 Å². The molecule has 1 aromatic carbocycles. The van der Waals surface area contributed by atoms with Crippen molar-refractivity contribution in [2.45, 2.75) is 26.5 Å². The van der Waals surface area contributed by atoms with Crippen LogP contribution in [0.1, 0.15) is 23.6 Å². The van der Waals surface area contributed by atoms with Crippen molar-refractivity contribution in [2.75, 3.05) is 20.2 Å². The van der Waals surface area contributed by atoms with Crippen LogP contribution in [0.3, 0.4) is 0 Å². The molecule has 0 spiro atoms. The van der Waals surface area contributed by atoms with Crippen molar-refractivity contribution in [3.05, 3.63) is 66.1 Å². The van der Waals surface area contributed by atoms with E-state index < -0.39 is 0 Å². The number of aromatic nitrogens is 1. The Morgan fingerprint density at radius 1 is 1.17 bits per heavy atom. The number of hydrogen-bond donors (Lipinski definition) is 2. The van der Waals surface area contributed by atoms with Crippen molar-refractivity contribution >= 4 is 29.9 Å². The molecule has 0 saturated carbocycles. The molecule has 0 radical (unpaired) electrons. The SMILES string of the molecule is CN=C(NCCCOCc1ccco1)NCc1ncc(-c2ccc(C)cc2)o1.I. The number of ether oxygens (including phenoxy) is 1. The van der Waals surface area contributed by atoms with Gasteiger partial charge in [0.05, 0.1) is 19.0 Å². The molecule has 156 valence electrons. The summed E-state index contributed by atoms with van der Waals surface area (Å²) in [5.41, 5.74) is 2.23. The van der Waals surface area contributed by atoms with Gasteiger partial charge in [-0.15, -0.1) is 24.0 Å². The van der Waals surface area contributed by atoms with Crippen molar-refractivity contribution in [1.82, 2.24) is 15.6 Å². The van der Waals surface area contributed by atoms with Crippen LogP contribution in [0, 0.1) is 6.92 Å². The molecule has 3 aromatic rings. The maximum absolute atomic E-state index is 5.81. The highest BCUT2D eigenvalue weighted by Crippen LogP contribution is 2.20. The van der Waals surface area contributed by atoms with Gasteiger partial charge in [0.1, 0.15) is 12.4 Å². The molecule has 3 rings (SSSR count). The number of halogens is 1. The Morgan fingerprint density at radius 2 is 2.00 bits per heavy atom. The van der Waals surface area contributed by atoms with Gasteiger partial charge in [0.2, 0.25) is 5.89 Å². The molecular weight excluding hydrogens is 483 g/mol. The van der Waals surface area contributed by atoms with Gasteiger partial charge in [-0.05, 0) is 25.5 Å². The van der Waals surface area contributed by atoms with Gasteiger partial charge in [-0.25, -0.2) is 4.98 Å². The number of aliphatic imine (C=N–C) groups is 1. The number of guanidine groups is 1. The molecule has 0 aliphatic carbocycles. The van der Waals surface area contributed by atoms with Crippen LogP contribution in [0.5, 0.6) is 0 Å². The highest BCUT2D eigenvalue weighted by atomic mass is 127. The first-order valence-electron chi connectivity index (χ1n) is 9.31. The summed E-state index contributed by atoms with van der Waals surface area (Å²) in [6.45, 7) is 4.40. The maximum atomic E-state index is 5.81. The van der Waals surface area contributed by atoms with Crippen molar-refractivity contribution in [3.8, 4) is 11.3 Å². The van der Waals surface area contributed by atoms with Gasteiger partial charge >= 0.3 is 0 Å². The zero-order valence-electron chi connectivity index (χ0n) is 16.7. The molecular formula is C21H27IN4O3. The largest absolute Gasteiger partial charge is 0.467 e. The molecule has 7 nitrogen and oxygen atoms in total. The van der Waals surface area contributed by atoms with E-state index >= 15 is 0 Å². The van der Waals surface area contributed by atoms with E-state index in [0.29, 0.717) is 31.6 Å². The van der Waals surface area contributed by atoms with Crippen LogP contribution in [0.4, 0.5) is 0 Å². The Morgan fingerprint density at radius 3 is 2.72 bits per heavy atom. The number of aryl methyl sites for hydroxylation is 1. The Kier molecular flexibility index (Phi) is 9.72. The van der Waals surface area contributed by atoms with Crippen LogP contribution in [0.15, 0.2) is 62.7 Å². The number of benzene rings is 1. The summed E-state index contributed by atoms with van der Waals surface area (Å²) in [4.78, 5) is 8.53. The lowest BCUT2D eigenvalue weighted by atomic mass is 10.1. The molecule has 0 aliphatic rings. The predicted molar refractivity (Wildman–Crippen MR) is 123 cm³/mol. The maximum Gasteiger partial charge on any atom is 0.214 e. The Hall–Kier alpha value is -2.33. The highest BCUT2D eigenvalue weighted by Gasteiger charge is 2.07. The normalized spacial score (nSPS) is 11.2. The predicted octanol–water partition coefficient (Wildman–Crippen LogP) is 4.13. The summed E-state index contributed by atoms with van der Waals surface area (Å²) in [5.74, 6) is 2.90. The Balaban J connectivity index is 0.00000300. The lowest BCUT2D eigenvalue weighted by Gasteiger charge is -2.10. The number of nitrogens with one attached hydrogen (secondary N) is 2.